The molecule has 1 saturated heterocycles. The van der Waals surface area contributed by atoms with Crippen LogP contribution in [0.15, 0.2) is 71.3 Å². The number of furan rings is 1. The van der Waals surface area contributed by atoms with Crippen molar-refractivity contribution in [1.29, 1.82) is 0 Å². The molecule has 0 bridgehead atoms. The second-order valence-corrected chi connectivity index (χ2v) is 8.94. The number of carbonyl (C=O) groups is 3. The van der Waals surface area contributed by atoms with Crippen molar-refractivity contribution in [1.82, 2.24) is 9.80 Å². The number of benzene rings is 2. The lowest BCUT2D eigenvalue weighted by molar-refractivity contribution is -0.117. The molecule has 0 saturated carbocycles. The molecular weight excluding hydrogens is 472 g/mol. The van der Waals surface area contributed by atoms with Crippen molar-refractivity contribution >= 4 is 29.1 Å². The number of hydrogen-bond donors (Lipinski definition) is 1. The Kier molecular flexibility index (Phi) is 8.58. The molecule has 1 fully saturated rings. The van der Waals surface area contributed by atoms with Crippen LogP contribution in [0, 0.1) is 6.92 Å². The summed E-state index contributed by atoms with van der Waals surface area (Å²) in [5, 5.41) is 2.85. The Hall–Kier alpha value is -4.11. The van der Waals surface area contributed by atoms with Crippen LogP contribution >= 0.6 is 0 Å². The van der Waals surface area contributed by atoms with Gasteiger partial charge in [-0.15, -0.1) is 0 Å². The van der Waals surface area contributed by atoms with Crippen molar-refractivity contribution in [2.45, 2.75) is 6.92 Å². The predicted molar refractivity (Wildman–Crippen MR) is 141 cm³/mol. The molecule has 1 aliphatic rings. The number of methoxy groups -OCH3 is 1. The molecule has 0 unspecified atom stereocenters. The minimum atomic E-state index is -0.368. The van der Waals surface area contributed by atoms with Gasteiger partial charge in [-0.2, -0.15) is 0 Å². The van der Waals surface area contributed by atoms with Crippen molar-refractivity contribution in [2.75, 3.05) is 63.2 Å². The molecule has 1 aromatic heterocycles. The molecule has 9 nitrogen and oxygen atoms in total. The number of anilines is 2. The van der Waals surface area contributed by atoms with Gasteiger partial charge < -0.3 is 29.2 Å². The highest BCUT2D eigenvalue weighted by Gasteiger charge is 2.23. The molecule has 4 rings (SSSR count). The topological polar surface area (TPSA) is 95.3 Å². The summed E-state index contributed by atoms with van der Waals surface area (Å²) in [4.78, 5) is 43.6. The predicted octanol–water partition coefficient (Wildman–Crippen LogP) is 3.28. The van der Waals surface area contributed by atoms with Crippen LogP contribution in [-0.4, -0.2) is 80.5 Å². The largest absolute Gasteiger partial charge is 0.459 e. The van der Waals surface area contributed by atoms with Crippen LogP contribution < -0.4 is 10.2 Å². The molecule has 2 heterocycles. The van der Waals surface area contributed by atoms with E-state index in [9.17, 15) is 14.4 Å². The van der Waals surface area contributed by atoms with Gasteiger partial charge >= 0.3 is 0 Å². The van der Waals surface area contributed by atoms with E-state index < -0.39 is 0 Å². The fourth-order valence-corrected chi connectivity index (χ4v) is 4.19. The summed E-state index contributed by atoms with van der Waals surface area (Å²) in [6.45, 7) is 5.20. The SMILES string of the molecule is COCCN(CC(=O)Nc1ccc(N2CCN(C(=O)c3ccc(C)cc3)CC2)cc1)C(=O)c1ccco1. The molecule has 0 atom stereocenters. The van der Waals surface area contributed by atoms with Crippen molar-refractivity contribution < 1.29 is 23.5 Å². The van der Waals surface area contributed by atoms with Crippen LogP contribution in [0.1, 0.15) is 26.5 Å². The van der Waals surface area contributed by atoms with Crippen molar-refractivity contribution in [3.8, 4) is 0 Å². The van der Waals surface area contributed by atoms with Crippen molar-refractivity contribution in [3.63, 3.8) is 0 Å². The number of carbonyl (C=O) groups excluding carboxylic acids is 3. The molecule has 3 aromatic rings. The van der Waals surface area contributed by atoms with Crippen molar-refractivity contribution in [2.24, 2.45) is 0 Å². The quantitative estimate of drug-likeness (QED) is 0.481. The van der Waals surface area contributed by atoms with Gasteiger partial charge in [-0.05, 0) is 55.5 Å². The summed E-state index contributed by atoms with van der Waals surface area (Å²) < 4.78 is 10.3. The minimum absolute atomic E-state index is 0.0581. The summed E-state index contributed by atoms with van der Waals surface area (Å²) in [5.74, 6) is -0.448. The molecular formula is C28H32N4O5. The second kappa shape index (κ2) is 12.2. The zero-order valence-corrected chi connectivity index (χ0v) is 21.2. The number of aryl methyl sites for hydroxylation is 1. The first-order valence-corrected chi connectivity index (χ1v) is 12.3. The molecule has 1 aliphatic heterocycles. The van der Waals surface area contributed by atoms with E-state index in [2.05, 4.69) is 10.2 Å². The van der Waals surface area contributed by atoms with Gasteiger partial charge in [0, 0.05) is 56.8 Å². The zero-order chi connectivity index (χ0) is 26.2. The normalized spacial score (nSPS) is 13.4. The Morgan fingerprint density at radius 2 is 1.68 bits per heavy atom. The Morgan fingerprint density at radius 3 is 2.30 bits per heavy atom. The Morgan fingerprint density at radius 1 is 0.973 bits per heavy atom. The number of nitrogens with zero attached hydrogens (tertiary/aromatic N) is 3. The van der Waals surface area contributed by atoms with E-state index in [1.807, 2.05) is 60.4 Å². The molecule has 1 N–H and O–H groups in total. The Balaban J connectivity index is 1.29. The lowest BCUT2D eigenvalue weighted by atomic mass is 10.1. The number of amides is 3. The molecule has 0 radical (unpaired) electrons. The molecule has 9 heteroatoms. The van der Waals surface area contributed by atoms with Gasteiger partial charge in [-0.3, -0.25) is 14.4 Å². The monoisotopic (exact) mass is 504 g/mol. The first-order chi connectivity index (χ1) is 17.9. The van der Waals surface area contributed by atoms with Crippen LogP contribution in [0.2, 0.25) is 0 Å². The molecule has 3 amide bonds. The van der Waals surface area contributed by atoms with E-state index in [0.717, 1.165) is 24.3 Å². The highest BCUT2D eigenvalue weighted by atomic mass is 16.5. The maximum atomic E-state index is 12.8. The summed E-state index contributed by atoms with van der Waals surface area (Å²) >= 11 is 0. The fraction of sp³-hybridized carbons (Fsp3) is 0.321. The summed E-state index contributed by atoms with van der Waals surface area (Å²) in [6.07, 6.45) is 1.42. The van der Waals surface area contributed by atoms with Crippen LogP contribution in [0.3, 0.4) is 0 Å². The van der Waals surface area contributed by atoms with Crippen molar-refractivity contribution in [3.05, 3.63) is 83.8 Å². The van der Waals surface area contributed by atoms with E-state index in [-0.39, 0.29) is 36.6 Å². The molecule has 2 aromatic carbocycles. The number of piperazine rings is 1. The molecule has 37 heavy (non-hydrogen) atoms. The van der Waals surface area contributed by atoms with Gasteiger partial charge in [-0.25, -0.2) is 0 Å². The average Bonchev–Trinajstić information content (AvgIpc) is 3.46. The third-order valence-corrected chi connectivity index (χ3v) is 6.30. The second-order valence-electron chi connectivity index (χ2n) is 8.94. The summed E-state index contributed by atoms with van der Waals surface area (Å²) in [7, 11) is 1.54. The number of ether oxygens (including phenoxy) is 1. The van der Waals surface area contributed by atoms with Gasteiger partial charge in [0.05, 0.1) is 12.9 Å². The lowest BCUT2D eigenvalue weighted by Crippen LogP contribution is -2.48. The van der Waals surface area contributed by atoms with E-state index >= 15 is 0 Å². The van der Waals surface area contributed by atoms with E-state index in [0.29, 0.717) is 30.9 Å². The Bertz CT molecular complexity index is 1180. The minimum Gasteiger partial charge on any atom is -0.459 e. The summed E-state index contributed by atoms with van der Waals surface area (Å²) in [6, 6.07) is 18.4. The number of rotatable bonds is 9. The van der Waals surface area contributed by atoms with Crippen LogP contribution in [0.25, 0.3) is 0 Å². The standard InChI is InChI=1S/C28H32N4O5/c1-21-5-7-22(8-6-21)27(34)31-15-13-30(14-16-31)24-11-9-23(10-12-24)29-26(33)20-32(17-19-36-2)28(35)25-4-3-18-37-25/h3-12,18H,13-17,19-20H2,1-2H3,(H,29,33). The maximum absolute atomic E-state index is 12.8. The van der Waals surface area contributed by atoms with E-state index in [4.69, 9.17) is 9.15 Å². The third-order valence-electron chi connectivity index (χ3n) is 6.30. The zero-order valence-electron chi connectivity index (χ0n) is 21.2. The maximum Gasteiger partial charge on any atom is 0.290 e. The van der Waals surface area contributed by atoms with E-state index in [1.165, 1.54) is 11.2 Å². The Labute approximate surface area is 216 Å². The smallest absolute Gasteiger partial charge is 0.290 e. The van der Waals surface area contributed by atoms with Crippen LogP contribution in [0.5, 0.6) is 0 Å². The highest BCUT2D eigenvalue weighted by Crippen LogP contribution is 2.20. The average molecular weight is 505 g/mol. The molecule has 0 aliphatic carbocycles. The number of hydrogen-bond acceptors (Lipinski definition) is 6. The number of nitrogens with one attached hydrogen (secondary N) is 1. The van der Waals surface area contributed by atoms with Gasteiger partial charge in [0.25, 0.3) is 11.8 Å². The van der Waals surface area contributed by atoms with Gasteiger partial charge in [0.1, 0.15) is 6.54 Å². The van der Waals surface area contributed by atoms with Gasteiger partial charge in [-0.1, -0.05) is 17.7 Å². The molecule has 194 valence electrons. The van der Waals surface area contributed by atoms with Crippen LogP contribution in [-0.2, 0) is 9.53 Å². The first-order valence-electron chi connectivity index (χ1n) is 12.3. The third kappa shape index (κ3) is 6.77. The van der Waals surface area contributed by atoms with Crippen LogP contribution in [0.4, 0.5) is 11.4 Å². The van der Waals surface area contributed by atoms with Gasteiger partial charge in [0.2, 0.25) is 5.91 Å². The first kappa shape index (κ1) is 26.0. The lowest BCUT2D eigenvalue weighted by Gasteiger charge is -2.36. The fourth-order valence-electron chi connectivity index (χ4n) is 4.19. The summed E-state index contributed by atoms with van der Waals surface area (Å²) in [5.41, 5.74) is 3.51. The highest BCUT2D eigenvalue weighted by molar-refractivity contribution is 5.98. The molecule has 0 spiro atoms. The van der Waals surface area contributed by atoms with Gasteiger partial charge in [0.15, 0.2) is 5.76 Å². The van der Waals surface area contributed by atoms with E-state index in [1.54, 1.807) is 19.2 Å².